The zero-order chi connectivity index (χ0) is 14.1. The fourth-order valence-electron chi connectivity index (χ4n) is 1.39. The van der Waals surface area contributed by atoms with E-state index in [0.29, 0.717) is 42.6 Å². The molecule has 106 valence electrons. The summed E-state index contributed by atoms with van der Waals surface area (Å²) in [6.07, 6.45) is 0.417. The van der Waals surface area contributed by atoms with Gasteiger partial charge >= 0.3 is 0 Å². The summed E-state index contributed by atoms with van der Waals surface area (Å²) in [7, 11) is 3.41. The smallest absolute Gasteiger partial charge is 0.225 e. The van der Waals surface area contributed by atoms with Crippen molar-refractivity contribution in [3.8, 4) is 5.75 Å². The standard InChI is InChI=1S/C13H19ClN2O3/c1-15-6-5-13(17)16-10-3-4-12(11(14)9-10)19-8-7-18-2/h3-4,9,15H,5-8H2,1-2H3,(H,16,17). The lowest BCUT2D eigenvalue weighted by atomic mass is 10.3. The Bertz CT molecular complexity index is 413. The summed E-state index contributed by atoms with van der Waals surface area (Å²) in [5, 5.41) is 6.14. The molecule has 2 N–H and O–H groups in total. The summed E-state index contributed by atoms with van der Waals surface area (Å²) in [4.78, 5) is 11.5. The highest BCUT2D eigenvalue weighted by molar-refractivity contribution is 6.32. The molecule has 5 nitrogen and oxygen atoms in total. The fraction of sp³-hybridized carbons (Fsp3) is 0.462. The minimum absolute atomic E-state index is 0.0570. The molecule has 0 saturated heterocycles. The zero-order valence-corrected chi connectivity index (χ0v) is 11.9. The normalized spacial score (nSPS) is 10.3. The summed E-state index contributed by atoms with van der Waals surface area (Å²) in [5.41, 5.74) is 0.658. The molecule has 0 saturated carbocycles. The largest absolute Gasteiger partial charge is 0.490 e. The summed E-state index contributed by atoms with van der Waals surface area (Å²) in [6.45, 7) is 1.57. The van der Waals surface area contributed by atoms with Gasteiger partial charge in [-0.25, -0.2) is 0 Å². The summed E-state index contributed by atoms with van der Waals surface area (Å²) in [5.74, 6) is 0.519. The molecule has 0 unspecified atom stereocenters. The molecular weight excluding hydrogens is 268 g/mol. The molecule has 0 heterocycles. The van der Waals surface area contributed by atoms with Gasteiger partial charge < -0.3 is 20.1 Å². The lowest BCUT2D eigenvalue weighted by Crippen LogP contribution is -2.18. The van der Waals surface area contributed by atoms with E-state index in [-0.39, 0.29) is 5.91 Å². The molecule has 0 aromatic heterocycles. The molecule has 0 bridgehead atoms. The Morgan fingerprint density at radius 2 is 2.16 bits per heavy atom. The van der Waals surface area contributed by atoms with E-state index in [1.807, 2.05) is 0 Å². The van der Waals surface area contributed by atoms with Crippen LogP contribution in [0, 0.1) is 0 Å². The molecule has 1 aromatic rings. The number of ether oxygens (including phenoxy) is 2. The molecule has 1 aromatic carbocycles. The topological polar surface area (TPSA) is 59.6 Å². The summed E-state index contributed by atoms with van der Waals surface area (Å²) < 4.78 is 10.3. The molecule has 0 atom stereocenters. The highest BCUT2D eigenvalue weighted by Gasteiger charge is 2.06. The molecule has 1 amide bonds. The van der Waals surface area contributed by atoms with Crippen molar-refractivity contribution in [1.29, 1.82) is 0 Å². The Hall–Kier alpha value is -1.30. The van der Waals surface area contributed by atoms with Gasteiger partial charge in [-0.3, -0.25) is 4.79 Å². The molecule has 0 aliphatic carbocycles. The number of benzene rings is 1. The first kappa shape index (κ1) is 15.8. The number of hydrogen-bond donors (Lipinski definition) is 2. The molecule has 0 fully saturated rings. The first-order valence-electron chi connectivity index (χ1n) is 6.03. The van der Waals surface area contributed by atoms with Crippen molar-refractivity contribution in [1.82, 2.24) is 5.32 Å². The molecule has 0 aliphatic heterocycles. The van der Waals surface area contributed by atoms with Crippen molar-refractivity contribution in [3.63, 3.8) is 0 Å². The van der Waals surface area contributed by atoms with E-state index >= 15 is 0 Å². The van der Waals surface area contributed by atoms with Crippen LogP contribution in [0.4, 0.5) is 5.69 Å². The number of amides is 1. The molecule has 19 heavy (non-hydrogen) atoms. The van der Waals surface area contributed by atoms with Gasteiger partial charge in [0.15, 0.2) is 0 Å². The van der Waals surface area contributed by atoms with Gasteiger partial charge in [0.25, 0.3) is 0 Å². The number of methoxy groups -OCH3 is 1. The average Bonchev–Trinajstić information content (AvgIpc) is 2.39. The van der Waals surface area contributed by atoms with Gasteiger partial charge in [-0.2, -0.15) is 0 Å². The Morgan fingerprint density at radius 1 is 1.37 bits per heavy atom. The van der Waals surface area contributed by atoms with Crippen LogP contribution in [0.3, 0.4) is 0 Å². The third kappa shape index (κ3) is 5.92. The second-order valence-electron chi connectivity index (χ2n) is 3.89. The Morgan fingerprint density at radius 3 is 2.79 bits per heavy atom. The maximum absolute atomic E-state index is 11.5. The fourth-order valence-corrected chi connectivity index (χ4v) is 1.63. The van der Waals surface area contributed by atoms with Gasteiger partial charge in [0.1, 0.15) is 12.4 Å². The quantitative estimate of drug-likeness (QED) is 0.717. The minimum Gasteiger partial charge on any atom is -0.490 e. The van der Waals surface area contributed by atoms with Crippen LogP contribution in [0.25, 0.3) is 0 Å². The third-order valence-electron chi connectivity index (χ3n) is 2.36. The molecule has 0 radical (unpaired) electrons. The number of halogens is 1. The van der Waals surface area contributed by atoms with Crippen LogP contribution >= 0.6 is 11.6 Å². The second-order valence-corrected chi connectivity index (χ2v) is 4.30. The zero-order valence-electron chi connectivity index (χ0n) is 11.2. The number of rotatable bonds is 8. The Balaban J connectivity index is 2.53. The first-order chi connectivity index (χ1) is 9.17. The van der Waals surface area contributed by atoms with Gasteiger partial charge in [-0.15, -0.1) is 0 Å². The minimum atomic E-state index is -0.0570. The maximum atomic E-state index is 11.5. The van der Waals surface area contributed by atoms with Crippen molar-refractivity contribution in [2.75, 3.05) is 39.2 Å². The lowest BCUT2D eigenvalue weighted by molar-refractivity contribution is -0.116. The van der Waals surface area contributed by atoms with Gasteiger partial charge in [0.05, 0.1) is 11.6 Å². The monoisotopic (exact) mass is 286 g/mol. The highest BCUT2D eigenvalue weighted by atomic mass is 35.5. The van der Waals surface area contributed by atoms with E-state index < -0.39 is 0 Å². The molecular formula is C13H19ClN2O3. The maximum Gasteiger partial charge on any atom is 0.225 e. The molecule has 6 heteroatoms. The lowest BCUT2D eigenvalue weighted by Gasteiger charge is -2.10. The van der Waals surface area contributed by atoms with E-state index in [4.69, 9.17) is 21.1 Å². The van der Waals surface area contributed by atoms with Crippen molar-refractivity contribution < 1.29 is 14.3 Å². The summed E-state index contributed by atoms with van der Waals surface area (Å²) in [6, 6.07) is 5.15. The van der Waals surface area contributed by atoms with Crippen LogP contribution in [-0.4, -0.2) is 39.8 Å². The predicted octanol–water partition coefficient (Wildman–Crippen LogP) is 1.91. The number of anilines is 1. The third-order valence-corrected chi connectivity index (χ3v) is 2.66. The van der Waals surface area contributed by atoms with Crippen LogP contribution in [-0.2, 0) is 9.53 Å². The average molecular weight is 287 g/mol. The molecule has 0 aliphatic rings. The Kier molecular flexibility index (Phi) is 7.25. The number of nitrogens with one attached hydrogen (secondary N) is 2. The highest BCUT2D eigenvalue weighted by Crippen LogP contribution is 2.27. The van der Waals surface area contributed by atoms with Gasteiger partial charge in [0, 0.05) is 25.8 Å². The van der Waals surface area contributed by atoms with E-state index in [9.17, 15) is 4.79 Å². The van der Waals surface area contributed by atoms with Gasteiger partial charge in [-0.05, 0) is 25.2 Å². The van der Waals surface area contributed by atoms with Gasteiger partial charge in [0.2, 0.25) is 5.91 Å². The van der Waals surface area contributed by atoms with Crippen LogP contribution in [0.5, 0.6) is 5.75 Å². The first-order valence-corrected chi connectivity index (χ1v) is 6.41. The molecule has 1 rings (SSSR count). The SMILES string of the molecule is CNCCC(=O)Nc1ccc(OCCOC)c(Cl)c1. The van der Waals surface area contributed by atoms with E-state index in [0.717, 1.165) is 0 Å². The van der Waals surface area contributed by atoms with E-state index in [2.05, 4.69) is 10.6 Å². The number of carbonyl (C=O) groups is 1. The van der Waals surface area contributed by atoms with Crippen molar-refractivity contribution >= 4 is 23.2 Å². The van der Waals surface area contributed by atoms with Gasteiger partial charge in [-0.1, -0.05) is 11.6 Å². The van der Waals surface area contributed by atoms with E-state index in [1.54, 1.807) is 32.4 Å². The molecule has 0 spiro atoms. The van der Waals surface area contributed by atoms with Crippen molar-refractivity contribution in [2.45, 2.75) is 6.42 Å². The Labute approximate surface area is 118 Å². The predicted molar refractivity (Wildman–Crippen MR) is 76.0 cm³/mol. The number of carbonyl (C=O) groups excluding carboxylic acids is 1. The van der Waals surface area contributed by atoms with Crippen molar-refractivity contribution in [3.05, 3.63) is 23.2 Å². The van der Waals surface area contributed by atoms with Crippen molar-refractivity contribution in [2.24, 2.45) is 0 Å². The van der Waals surface area contributed by atoms with Crippen LogP contribution in [0.2, 0.25) is 5.02 Å². The van der Waals surface area contributed by atoms with Crippen LogP contribution < -0.4 is 15.4 Å². The second kappa shape index (κ2) is 8.74. The summed E-state index contributed by atoms with van der Waals surface area (Å²) >= 11 is 6.07. The van der Waals surface area contributed by atoms with Crippen LogP contribution in [0.1, 0.15) is 6.42 Å². The van der Waals surface area contributed by atoms with Crippen LogP contribution in [0.15, 0.2) is 18.2 Å². The van der Waals surface area contributed by atoms with E-state index in [1.165, 1.54) is 0 Å². The number of hydrogen-bond acceptors (Lipinski definition) is 4.